The molecular formula is C23H26N2OS. The van der Waals surface area contributed by atoms with E-state index in [9.17, 15) is 4.79 Å². The molecule has 0 saturated carbocycles. The van der Waals surface area contributed by atoms with Crippen LogP contribution in [0.15, 0.2) is 54.6 Å². The van der Waals surface area contributed by atoms with Crippen LogP contribution in [0.4, 0.5) is 0 Å². The van der Waals surface area contributed by atoms with Gasteiger partial charge in [-0.25, -0.2) is 4.98 Å². The minimum absolute atomic E-state index is 0.165. The third kappa shape index (κ3) is 5.04. The Kier molecular flexibility index (Phi) is 6.40. The predicted molar refractivity (Wildman–Crippen MR) is 113 cm³/mol. The van der Waals surface area contributed by atoms with E-state index in [4.69, 9.17) is 4.98 Å². The van der Waals surface area contributed by atoms with Crippen molar-refractivity contribution in [1.82, 2.24) is 9.88 Å². The standard InChI is InChI=1S/C23H26N2OS/c1-4-14-25(16-19-8-6-5-7-9-19)22(26)15-21-23(24-18(3)27-21)20-12-10-17(2)11-13-20/h5-13H,4,14-16H2,1-3H3. The van der Waals surface area contributed by atoms with Gasteiger partial charge >= 0.3 is 0 Å². The highest BCUT2D eigenvalue weighted by Gasteiger charge is 2.19. The highest BCUT2D eigenvalue weighted by atomic mass is 32.1. The number of rotatable bonds is 7. The normalized spacial score (nSPS) is 10.8. The minimum Gasteiger partial charge on any atom is -0.338 e. The van der Waals surface area contributed by atoms with E-state index in [0.29, 0.717) is 13.0 Å². The lowest BCUT2D eigenvalue weighted by Gasteiger charge is -2.22. The molecule has 1 amide bonds. The third-order valence-corrected chi connectivity index (χ3v) is 5.47. The summed E-state index contributed by atoms with van der Waals surface area (Å²) in [6, 6.07) is 18.6. The molecule has 0 aliphatic carbocycles. The van der Waals surface area contributed by atoms with E-state index < -0.39 is 0 Å². The van der Waals surface area contributed by atoms with Crippen LogP contribution in [0, 0.1) is 13.8 Å². The fourth-order valence-electron chi connectivity index (χ4n) is 3.14. The Morgan fingerprint density at radius 1 is 1.04 bits per heavy atom. The van der Waals surface area contributed by atoms with E-state index in [1.807, 2.05) is 30.0 Å². The predicted octanol–water partition coefficient (Wildman–Crippen LogP) is 5.41. The molecule has 0 aliphatic rings. The fourth-order valence-corrected chi connectivity index (χ4v) is 4.09. The molecule has 140 valence electrons. The van der Waals surface area contributed by atoms with Crippen molar-refractivity contribution in [3.63, 3.8) is 0 Å². The van der Waals surface area contributed by atoms with Gasteiger partial charge in [-0.3, -0.25) is 4.79 Å². The van der Waals surface area contributed by atoms with Crippen molar-refractivity contribution in [3.05, 3.63) is 75.6 Å². The lowest BCUT2D eigenvalue weighted by molar-refractivity contribution is -0.131. The summed E-state index contributed by atoms with van der Waals surface area (Å²) in [5.41, 5.74) is 4.42. The van der Waals surface area contributed by atoms with Gasteiger partial charge in [0.25, 0.3) is 0 Å². The first-order valence-corrected chi connectivity index (χ1v) is 10.2. The summed E-state index contributed by atoms with van der Waals surface area (Å²) in [6.07, 6.45) is 1.35. The molecule has 3 rings (SSSR count). The van der Waals surface area contributed by atoms with E-state index in [1.54, 1.807) is 11.3 Å². The van der Waals surface area contributed by atoms with E-state index in [-0.39, 0.29) is 5.91 Å². The Morgan fingerprint density at radius 2 is 1.74 bits per heavy atom. The molecule has 0 spiro atoms. The molecule has 3 aromatic rings. The number of carbonyl (C=O) groups is 1. The Labute approximate surface area is 165 Å². The summed E-state index contributed by atoms with van der Waals surface area (Å²) >= 11 is 1.62. The zero-order valence-electron chi connectivity index (χ0n) is 16.2. The SMILES string of the molecule is CCCN(Cc1ccccc1)C(=O)Cc1sc(C)nc1-c1ccc(C)cc1. The molecule has 0 aliphatic heterocycles. The van der Waals surface area contributed by atoms with E-state index >= 15 is 0 Å². The van der Waals surface area contributed by atoms with Crippen LogP contribution in [0.5, 0.6) is 0 Å². The first-order valence-electron chi connectivity index (χ1n) is 9.42. The molecule has 0 atom stereocenters. The van der Waals surface area contributed by atoms with Gasteiger partial charge in [0, 0.05) is 23.5 Å². The van der Waals surface area contributed by atoms with Gasteiger partial charge in [-0.05, 0) is 25.8 Å². The molecule has 0 radical (unpaired) electrons. The van der Waals surface area contributed by atoms with Crippen LogP contribution < -0.4 is 0 Å². The average Bonchev–Trinajstić information content (AvgIpc) is 3.03. The molecule has 1 heterocycles. The van der Waals surface area contributed by atoms with Crippen LogP contribution >= 0.6 is 11.3 Å². The maximum atomic E-state index is 13.1. The smallest absolute Gasteiger partial charge is 0.228 e. The molecule has 2 aromatic carbocycles. The van der Waals surface area contributed by atoms with Crippen molar-refractivity contribution in [3.8, 4) is 11.3 Å². The minimum atomic E-state index is 0.165. The molecule has 27 heavy (non-hydrogen) atoms. The van der Waals surface area contributed by atoms with Crippen molar-refractivity contribution >= 4 is 17.2 Å². The monoisotopic (exact) mass is 378 g/mol. The molecule has 0 saturated heterocycles. The number of hydrogen-bond donors (Lipinski definition) is 0. The number of aryl methyl sites for hydroxylation is 2. The Morgan fingerprint density at radius 3 is 2.41 bits per heavy atom. The van der Waals surface area contributed by atoms with Crippen molar-refractivity contribution in [2.75, 3.05) is 6.54 Å². The number of thiazole rings is 1. The van der Waals surface area contributed by atoms with Crippen LogP contribution in [-0.2, 0) is 17.8 Å². The van der Waals surface area contributed by atoms with Gasteiger partial charge in [0.1, 0.15) is 0 Å². The first-order chi connectivity index (χ1) is 13.1. The first kappa shape index (κ1) is 19.3. The van der Waals surface area contributed by atoms with Crippen LogP contribution in [0.3, 0.4) is 0 Å². The summed E-state index contributed by atoms with van der Waals surface area (Å²) in [7, 11) is 0. The highest BCUT2D eigenvalue weighted by molar-refractivity contribution is 7.12. The Hall–Kier alpha value is -2.46. The van der Waals surface area contributed by atoms with Crippen LogP contribution in [0.1, 0.15) is 34.4 Å². The van der Waals surface area contributed by atoms with Crippen LogP contribution in [0.2, 0.25) is 0 Å². The highest BCUT2D eigenvalue weighted by Crippen LogP contribution is 2.29. The fraction of sp³-hybridized carbons (Fsp3) is 0.304. The topological polar surface area (TPSA) is 33.2 Å². The maximum absolute atomic E-state index is 13.1. The molecule has 0 fully saturated rings. The van der Waals surface area contributed by atoms with Crippen molar-refractivity contribution in [2.45, 2.75) is 40.2 Å². The number of benzene rings is 2. The van der Waals surface area contributed by atoms with Gasteiger partial charge in [0.2, 0.25) is 5.91 Å². The second kappa shape index (κ2) is 8.96. The zero-order chi connectivity index (χ0) is 19.2. The molecule has 0 bridgehead atoms. The second-order valence-corrected chi connectivity index (χ2v) is 8.14. The summed E-state index contributed by atoms with van der Waals surface area (Å²) < 4.78 is 0. The number of hydrogen-bond acceptors (Lipinski definition) is 3. The largest absolute Gasteiger partial charge is 0.338 e. The number of amides is 1. The van der Waals surface area contributed by atoms with Crippen LogP contribution in [-0.4, -0.2) is 22.3 Å². The van der Waals surface area contributed by atoms with Gasteiger partial charge in [-0.2, -0.15) is 0 Å². The van der Waals surface area contributed by atoms with Crippen molar-refractivity contribution in [1.29, 1.82) is 0 Å². The molecule has 0 unspecified atom stereocenters. The number of aromatic nitrogens is 1. The summed E-state index contributed by atoms with van der Waals surface area (Å²) in [5, 5.41) is 0.999. The second-order valence-electron chi connectivity index (χ2n) is 6.85. The lowest BCUT2D eigenvalue weighted by atomic mass is 10.1. The summed E-state index contributed by atoms with van der Waals surface area (Å²) in [5.74, 6) is 0.165. The van der Waals surface area contributed by atoms with Gasteiger partial charge in [-0.1, -0.05) is 67.1 Å². The quantitative estimate of drug-likeness (QED) is 0.551. The van der Waals surface area contributed by atoms with E-state index in [0.717, 1.165) is 34.1 Å². The average molecular weight is 379 g/mol. The van der Waals surface area contributed by atoms with Gasteiger partial charge in [0.05, 0.1) is 17.1 Å². The lowest BCUT2D eigenvalue weighted by Crippen LogP contribution is -2.32. The molecule has 4 heteroatoms. The maximum Gasteiger partial charge on any atom is 0.228 e. The molecule has 3 nitrogen and oxygen atoms in total. The Balaban J connectivity index is 1.80. The molecule has 0 N–H and O–H groups in total. The summed E-state index contributed by atoms with van der Waals surface area (Å²) in [4.78, 5) is 20.8. The van der Waals surface area contributed by atoms with E-state index in [1.165, 1.54) is 11.1 Å². The number of carbonyl (C=O) groups excluding carboxylic acids is 1. The van der Waals surface area contributed by atoms with E-state index in [2.05, 4.69) is 50.2 Å². The molecular weight excluding hydrogens is 352 g/mol. The van der Waals surface area contributed by atoms with Crippen molar-refractivity contribution < 1.29 is 4.79 Å². The molecule has 1 aromatic heterocycles. The van der Waals surface area contributed by atoms with Crippen molar-refractivity contribution in [2.24, 2.45) is 0 Å². The van der Waals surface area contributed by atoms with Gasteiger partial charge < -0.3 is 4.90 Å². The number of nitrogens with zero attached hydrogens (tertiary/aromatic N) is 2. The Bertz CT molecular complexity index is 885. The zero-order valence-corrected chi connectivity index (χ0v) is 17.1. The van der Waals surface area contributed by atoms with Gasteiger partial charge in [-0.15, -0.1) is 11.3 Å². The van der Waals surface area contributed by atoms with Gasteiger partial charge in [0.15, 0.2) is 0 Å². The van der Waals surface area contributed by atoms with Crippen LogP contribution in [0.25, 0.3) is 11.3 Å². The summed E-state index contributed by atoms with van der Waals surface area (Å²) in [6.45, 7) is 7.62. The third-order valence-electron chi connectivity index (χ3n) is 4.50.